The Morgan fingerprint density at radius 2 is 1.92 bits per heavy atom. The van der Waals surface area contributed by atoms with Crippen molar-refractivity contribution in [3.8, 4) is 0 Å². The lowest BCUT2D eigenvalue weighted by Gasteiger charge is -2.39. The predicted molar refractivity (Wildman–Crippen MR) is 44.9 cm³/mol. The van der Waals surface area contributed by atoms with Crippen LogP contribution in [0.25, 0.3) is 0 Å². The van der Waals surface area contributed by atoms with E-state index in [4.69, 9.17) is 4.74 Å². The van der Waals surface area contributed by atoms with Gasteiger partial charge in [-0.3, -0.25) is 0 Å². The minimum Gasteiger partial charge on any atom is -0.443 e. The first-order valence-electron chi connectivity index (χ1n) is 4.78. The number of alkyl carbamates (subject to hydrolysis) is 1. The number of ether oxygens (including phenoxy) is 1. The van der Waals surface area contributed by atoms with Crippen molar-refractivity contribution in [2.24, 2.45) is 0 Å². The van der Waals surface area contributed by atoms with Crippen LogP contribution in [0.4, 0.5) is 4.79 Å². The number of rotatable bonds is 0. The van der Waals surface area contributed by atoms with Crippen molar-refractivity contribution in [1.29, 1.82) is 0 Å². The van der Waals surface area contributed by atoms with Crippen LogP contribution in [0, 0.1) is 0 Å². The second-order valence-electron chi connectivity index (χ2n) is 3.81. The summed E-state index contributed by atoms with van der Waals surface area (Å²) in [5, 5.41) is 2.69. The van der Waals surface area contributed by atoms with Crippen molar-refractivity contribution >= 4 is 6.09 Å². The topological polar surface area (TPSA) is 38.3 Å². The molecule has 68 valence electrons. The summed E-state index contributed by atoms with van der Waals surface area (Å²) in [5.74, 6) is 0. The van der Waals surface area contributed by atoms with Gasteiger partial charge in [0.2, 0.25) is 0 Å². The summed E-state index contributed by atoms with van der Waals surface area (Å²) in [5.41, 5.74) is -0.0828. The normalized spacial score (nSPS) is 27.8. The maximum atomic E-state index is 11.0. The van der Waals surface area contributed by atoms with Gasteiger partial charge >= 0.3 is 6.09 Å². The molecule has 1 saturated carbocycles. The van der Waals surface area contributed by atoms with Crippen LogP contribution < -0.4 is 5.32 Å². The summed E-state index contributed by atoms with van der Waals surface area (Å²) < 4.78 is 5.36. The maximum Gasteiger partial charge on any atom is 0.407 e. The van der Waals surface area contributed by atoms with Crippen LogP contribution in [0.3, 0.4) is 0 Å². The second kappa shape index (κ2) is 2.96. The third-order valence-electron chi connectivity index (χ3n) is 2.92. The predicted octanol–water partition coefficient (Wildman–Crippen LogP) is 1.82. The van der Waals surface area contributed by atoms with E-state index in [0.717, 1.165) is 25.8 Å². The van der Waals surface area contributed by atoms with Gasteiger partial charge in [0.05, 0.1) is 0 Å². The average molecular weight is 169 g/mol. The van der Waals surface area contributed by atoms with E-state index in [1.165, 1.54) is 19.3 Å². The molecule has 3 heteroatoms. The average Bonchev–Trinajstić information content (AvgIpc) is 2.05. The zero-order valence-corrected chi connectivity index (χ0v) is 7.27. The van der Waals surface area contributed by atoms with E-state index in [1.54, 1.807) is 0 Å². The van der Waals surface area contributed by atoms with E-state index in [0.29, 0.717) is 0 Å². The highest BCUT2D eigenvalue weighted by atomic mass is 16.6. The molecule has 2 aliphatic rings. The Morgan fingerprint density at radius 1 is 1.17 bits per heavy atom. The van der Waals surface area contributed by atoms with Crippen molar-refractivity contribution in [2.75, 3.05) is 6.54 Å². The van der Waals surface area contributed by atoms with Crippen LogP contribution in [0.1, 0.15) is 38.5 Å². The Bertz CT molecular complexity index is 179. The molecule has 1 aliphatic carbocycles. The number of carbonyl (C=O) groups is 1. The smallest absolute Gasteiger partial charge is 0.407 e. The van der Waals surface area contributed by atoms with Crippen molar-refractivity contribution in [3.63, 3.8) is 0 Å². The monoisotopic (exact) mass is 169 g/mol. The molecule has 0 aromatic carbocycles. The highest BCUT2D eigenvalue weighted by Crippen LogP contribution is 2.35. The van der Waals surface area contributed by atoms with Gasteiger partial charge in [0.25, 0.3) is 0 Å². The Morgan fingerprint density at radius 3 is 2.58 bits per heavy atom. The fourth-order valence-corrected chi connectivity index (χ4v) is 2.22. The SMILES string of the molecule is O=C1NCCC2(CCCCC2)O1. The third kappa shape index (κ3) is 1.40. The molecule has 2 fully saturated rings. The molecule has 1 spiro atoms. The lowest BCUT2D eigenvalue weighted by molar-refractivity contribution is -0.0379. The Kier molecular flexibility index (Phi) is 1.95. The molecule has 0 aromatic heterocycles. The fraction of sp³-hybridized carbons (Fsp3) is 0.889. The van der Waals surface area contributed by atoms with Gasteiger partial charge < -0.3 is 10.1 Å². The molecule has 0 atom stereocenters. The van der Waals surface area contributed by atoms with Crippen LogP contribution in [0.2, 0.25) is 0 Å². The fourth-order valence-electron chi connectivity index (χ4n) is 2.22. The van der Waals surface area contributed by atoms with Crippen molar-refractivity contribution in [2.45, 2.75) is 44.1 Å². The zero-order valence-electron chi connectivity index (χ0n) is 7.27. The number of hydrogen-bond donors (Lipinski definition) is 1. The standard InChI is InChI=1S/C9H15NO2/c11-8-10-7-6-9(12-8)4-2-1-3-5-9/h1-7H2,(H,10,11). The molecule has 1 heterocycles. The summed E-state index contributed by atoms with van der Waals surface area (Å²) in [6.07, 6.45) is 6.65. The van der Waals surface area contributed by atoms with E-state index in [2.05, 4.69) is 5.32 Å². The Labute approximate surface area is 72.5 Å². The second-order valence-corrected chi connectivity index (χ2v) is 3.81. The molecule has 1 amide bonds. The molecule has 0 radical (unpaired) electrons. The molecule has 1 aliphatic heterocycles. The first-order chi connectivity index (χ1) is 5.81. The lowest BCUT2D eigenvalue weighted by atomic mass is 9.82. The third-order valence-corrected chi connectivity index (χ3v) is 2.92. The highest BCUT2D eigenvalue weighted by Gasteiger charge is 2.38. The molecule has 0 bridgehead atoms. The van der Waals surface area contributed by atoms with Gasteiger partial charge in [0.1, 0.15) is 5.60 Å². The molecule has 2 rings (SSSR count). The van der Waals surface area contributed by atoms with Crippen LogP contribution in [-0.2, 0) is 4.74 Å². The Hall–Kier alpha value is -0.730. The van der Waals surface area contributed by atoms with E-state index in [-0.39, 0.29) is 11.7 Å². The molecule has 3 nitrogen and oxygen atoms in total. The molecular formula is C9H15NO2. The van der Waals surface area contributed by atoms with Gasteiger partial charge in [0, 0.05) is 13.0 Å². The number of nitrogens with one attached hydrogen (secondary N) is 1. The van der Waals surface area contributed by atoms with Crippen LogP contribution in [0.5, 0.6) is 0 Å². The van der Waals surface area contributed by atoms with E-state index in [9.17, 15) is 4.79 Å². The molecule has 1 N–H and O–H groups in total. The van der Waals surface area contributed by atoms with Gasteiger partial charge in [-0.15, -0.1) is 0 Å². The molecule has 1 saturated heterocycles. The molecular weight excluding hydrogens is 154 g/mol. The zero-order chi connectivity index (χ0) is 8.44. The first-order valence-corrected chi connectivity index (χ1v) is 4.78. The van der Waals surface area contributed by atoms with Gasteiger partial charge in [0.15, 0.2) is 0 Å². The van der Waals surface area contributed by atoms with E-state index < -0.39 is 0 Å². The summed E-state index contributed by atoms with van der Waals surface area (Å²) in [7, 11) is 0. The van der Waals surface area contributed by atoms with Crippen molar-refractivity contribution < 1.29 is 9.53 Å². The summed E-state index contributed by atoms with van der Waals surface area (Å²) in [6.45, 7) is 0.791. The molecule has 12 heavy (non-hydrogen) atoms. The number of amides is 1. The van der Waals surface area contributed by atoms with Crippen LogP contribution in [-0.4, -0.2) is 18.2 Å². The summed E-state index contributed by atoms with van der Waals surface area (Å²) in [4.78, 5) is 11.0. The van der Waals surface area contributed by atoms with Crippen molar-refractivity contribution in [3.05, 3.63) is 0 Å². The van der Waals surface area contributed by atoms with E-state index in [1.807, 2.05) is 0 Å². The summed E-state index contributed by atoms with van der Waals surface area (Å²) >= 11 is 0. The van der Waals surface area contributed by atoms with Crippen molar-refractivity contribution in [1.82, 2.24) is 5.32 Å². The lowest BCUT2D eigenvalue weighted by Crippen LogP contribution is -2.48. The first kappa shape index (κ1) is 7.90. The van der Waals surface area contributed by atoms with Gasteiger partial charge in [-0.25, -0.2) is 4.79 Å². The molecule has 0 unspecified atom stereocenters. The quantitative estimate of drug-likeness (QED) is 0.600. The minimum absolute atomic E-state index is 0.0828. The van der Waals surface area contributed by atoms with E-state index >= 15 is 0 Å². The molecule has 0 aromatic rings. The largest absolute Gasteiger partial charge is 0.443 e. The van der Waals surface area contributed by atoms with Gasteiger partial charge in [-0.2, -0.15) is 0 Å². The number of carbonyl (C=O) groups excluding carboxylic acids is 1. The van der Waals surface area contributed by atoms with Gasteiger partial charge in [-0.1, -0.05) is 6.42 Å². The van der Waals surface area contributed by atoms with Crippen LogP contribution in [0.15, 0.2) is 0 Å². The van der Waals surface area contributed by atoms with Gasteiger partial charge in [-0.05, 0) is 25.7 Å². The number of hydrogen-bond acceptors (Lipinski definition) is 2. The minimum atomic E-state index is -0.219. The Balaban J connectivity index is 2.02. The summed E-state index contributed by atoms with van der Waals surface area (Å²) in [6, 6.07) is 0. The van der Waals surface area contributed by atoms with Crippen LogP contribution >= 0.6 is 0 Å². The maximum absolute atomic E-state index is 11.0. The highest BCUT2D eigenvalue weighted by molar-refractivity contribution is 5.68.